The third kappa shape index (κ3) is 3.23. The first-order chi connectivity index (χ1) is 9.35. The zero-order valence-corrected chi connectivity index (χ0v) is 12.5. The number of nitrogens with zero attached hydrogens (tertiary/aromatic N) is 1. The van der Waals surface area contributed by atoms with Crippen molar-refractivity contribution in [3.05, 3.63) is 54.1 Å². The average Bonchev–Trinajstić information content (AvgIpc) is 2.42. The number of hydrogen-bond acceptors (Lipinski definition) is 3. The third-order valence-electron chi connectivity index (χ3n) is 3.15. The Hall–Kier alpha value is -1.72. The van der Waals surface area contributed by atoms with Crippen molar-refractivity contribution in [2.24, 2.45) is 4.40 Å². The number of benzene rings is 1. The van der Waals surface area contributed by atoms with Gasteiger partial charge in [0, 0.05) is 7.11 Å². The lowest BCUT2D eigenvalue weighted by Gasteiger charge is -2.22. The summed E-state index contributed by atoms with van der Waals surface area (Å²) in [7, 11) is -2.08. The van der Waals surface area contributed by atoms with E-state index in [1.165, 1.54) is 0 Å². The van der Waals surface area contributed by atoms with Crippen LogP contribution < -0.4 is 0 Å². The molecule has 0 spiro atoms. The fourth-order valence-corrected chi connectivity index (χ4v) is 2.70. The maximum absolute atomic E-state index is 12.2. The van der Waals surface area contributed by atoms with Gasteiger partial charge in [-0.1, -0.05) is 17.7 Å². The molecule has 2 rings (SSSR count). The first-order valence-electron chi connectivity index (χ1n) is 6.20. The van der Waals surface area contributed by atoms with Crippen molar-refractivity contribution >= 4 is 15.7 Å². The molecule has 5 heteroatoms. The second-order valence-corrected chi connectivity index (χ2v) is 6.46. The molecule has 0 atom stereocenters. The summed E-state index contributed by atoms with van der Waals surface area (Å²) in [5.41, 5.74) is 0.886. The van der Waals surface area contributed by atoms with Gasteiger partial charge >= 0.3 is 0 Å². The van der Waals surface area contributed by atoms with Gasteiger partial charge in [-0.05, 0) is 50.3 Å². The van der Waals surface area contributed by atoms with E-state index in [9.17, 15) is 8.42 Å². The monoisotopic (exact) mass is 291 g/mol. The lowest BCUT2D eigenvalue weighted by Crippen LogP contribution is -2.24. The molecule has 106 valence electrons. The molecule has 1 aromatic carbocycles. The molecule has 0 unspecified atom stereocenters. The molecule has 1 aromatic rings. The van der Waals surface area contributed by atoms with Gasteiger partial charge in [-0.25, -0.2) is 0 Å². The fraction of sp³-hybridized carbons (Fsp3) is 0.267. The van der Waals surface area contributed by atoms with Gasteiger partial charge in [0.25, 0.3) is 10.0 Å². The van der Waals surface area contributed by atoms with Gasteiger partial charge in [0.1, 0.15) is 5.60 Å². The van der Waals surface area contributed by atoms with Gasteiger partial charge in [0.05, 0.1) is 10.6 Å². The van der Waals surface area contributed by atoms with Crippen molar-refractivity contribution in [1.82, 2.24) is 0 Å². The Kier molecular flexibility index (Phi) is 3.92. The summed E-state index contributed by atoms with van der Waals surface area (Å²) in [6.07, 6.45) is 6.84. The molecular weight excluding hydrogens is 274 g/mol. The smallest absolute Gasteiger partial charge is 0.282 e. The van der Waals surface area contributed by atoms with E-state index in [1.54, 1.807) is 55.7 Å². The SMILES string of the molecule is COC1(C)C=CC(=NS(=O)(=O)c2ccc(C)cc2)C=C1. The van der Waals surface area contributed by atoms with Gasteiger partial charge in [-0.3, -0.25) is 0 Å². The lowest BCUT2D eigenvalue weighted by molar-refractivity contribution is 0.0904. The van der Waals surface area contributed by atoms with Gasteiger partial charge in [0.2, 0.25) is 0 Å². The maximum atomic E-state index is 12.2. The van der Waals surface area contributed by atoms with Crippen LogP contribution in [0.3, 0.4) is 0 Å². The highest BCUT2D eigenvalue weighted by molar-refractivity contribution is 7.90. The molecule has 0 aromatic heterocycles. The minimum atomic E-state index is -3.68. The second-order valence-electron chi connectivity index (χ2n) is 4.86. The van der Waals surface area contributed by atoms with Crippen molar-refractivity contribution in [3.8, 4) is 0 Å². The van der Waals surface area contributed by atoms with E-state index >= 15 is 0 Å². The van der Waals surface area contributed by atoms with Gasteiger partial charge < -0.3 is 4.74 Å². The number of methoxy groups -OCH3 is 1. The molecule has 1 aliphatic carbocycles. The van der Waals surface area contributed by atoms with Crippen LogP contribution in [-0.4, -0.2) is 26.8 Å². The summed E-state index contributed by atoms with van der Waals surface area (Å²) in [4.78, 5) is 0.192. The van der Waals surface area contributed by atoms with E-state index in [4.69, 9.17) is 4.74 Å². The number of allylic oxidation sites excluding steroid dienone is 2. The zero-order chi connectivity index (χ0) is 14.8. The Morgan fingerprint density at radius 3 is 2.15 bits per heavy atom. The van der Waals surface area contributed by atoms with E-state index in [0.29, 0.717) is 5.71 Å². The van der Waals surface area contributed by atoms with Crippen molar-refractivity contribution in [2.75, 3.05) is 7.11 Å². The molecule has 0 heterocycles. The van der Waals surface area contributed by atoms with Crippen LogP contribution in [0.2, 0.25) is 0 Å². The third-order valence-corrected chi connectivity index (χ3v) is 4.47. The Morgan fingerprint density at radius 2 is 1.65 bits per heavy atom. The predicted octanol–water partition coefficient (Wildman–Crippen LogP) is 2.66. The second kappa shape index (κ2) is 5.34. The van der Waals surface area contributed by atoms with Crippen LogP contribution in [-0.2, 0) is 14.8 Å². The topological polar surface area (TPSA) is 55.7 Å². The summed E-state index contributed by atoms with van der Waals surface area (Å²) in [6, 6.07) is 6.62. The number of hydrogen-bond donors (Lipinski definition) is 0. The molecule has 0 bridgehead atoms. The van der Waals surface area contributed by atoms with E-state index in [-0.39, 0.29) is 4.90 Å². The molecule has 0 N–H and O–H groups in total. The Balaban J connectivity index is 2.30. The fourth-order valence-electron chi connectivity index (χ4n) is 1.71. The van der Waals surface area contributed by atoms with Gasteiger partial charge in [0.15, 0.2) is 0 Å². The summed E-state index contributed by atoms with van der Waals surface area (Å²) in [6.45, 7) is 3.78. The van der Waals surface area contributed by atoms with Crippen LogP contribution in [0.15, 0.2) is 57.9 Å². The summed E-state index contributed by atoms with van der Waals surface area (Å²) >= 11 is 0. The number of ether oxygens (including phenoxy) is 1. The van der Waals surface area contributed by atoms with Crippen molar-refractivity contribution in [2.45, 2.75) is 24.3 Å². The highest BCUT2D eigenvalue weighted by Gasteiger charge is 2.20. The molecule has 4 nitrogen and oxygen atoms in total. The molecular formula is C15H17NO3S. The normalized spacial score (nSPS) is 22.1. The molecule has 0 saturated heterocycles. The van der Waals surface area contributed by atoms with Crippen molar-refractivity contribution in [3.63, 3.8) is 0 Å². The van der Waals surface area contributed by atoms with Crippen LogP contribution in [0, 0.1) is 6.92 Å². The number of sulfonamides is 1. The van der Waals surface area contributed by atoms with Crippen LogP contribution >= 0.6 is 0 Å². The van der Waals surface area contributed by atoms with Crippen LogP contribution in [0.4, 0.5) is 0 Å². The molecule has 0 radical (unpaired) electrons. The highest BCUT2D eigenvalue weighted by Crippen LogP contribution is 2.19. The first kappa shape index (κ1) is 14.7. The van der Waals surface area contributed by atoms with E-state index in [2.05, 4.69) is 4.40 Å². The van der Waals surface area contributed by atoms with Crippen molar-refractivity contribution < 1.29 is 13.2 Å². The molecule has 0 saturated carbocycles. The quantitative estimate of drug-likeness (QED) is 0.860. The molecule has 0 fully saturated rings. The standard InChI is InChI=1S/C15H17NO3S/c1-12-4-6-14(7-5-12)20(17,18)16-13-8-10-15(2,19-3)11-9-13/h4-11H,1-3H3. The Morgan fingerprint density at radius 1 is 1.10 bits per heavy atom. The lowest BCUT2D eigenvalue weighted by atomic mass is 10.00. The number of rotatable bonds is 3. The van der Waals surface area contributed by atoms with E-state index in [1.807, 2.05) is 13.8 Å². The summed E-state index contributed by atoms with van der Waals surface area (Å²) in [5, 5.41) is 0. The first-order valence-corrected chi connectivity index (χ1v) is 7.64. The largest absolute Gasteiger partial charge is 0.370 e. The molecule has 20 heavy (non-hydrogen) atoms. The van der Waals surface area contributed by atoms with E-state index in [0.717, 1.165) is 5.56 Å². The van der Waals surface area contributed by atoms with Crippen LogP contribution in [0.5, 0.6) is 0 Å². The van der Waals surface area contributed by atoms with Gasteiger partial charge in [-0.2, -0.15) is 12.8 Å². The molecule has 0 amide bonds. The Labute approximate surface area is 119 Å². The zero-order valence-electron chi connectivity index (χ0n) is 11.7. The summed E-state index contributed by atoms with van der Waals surface area (Å²) in [5.74, 6) is 0. The average molecular weight is 291 g/mol. The van der Waals surface area contributed by atoms with E-state index < -0.39 is 15.6 Å². The minimum absolute atomic E-state index is 0.192. The Bertz CT molecular complexity index is 666. The maximum Gasteiger partial charge on any atom is 0.282 e. The van der Waals surface area contributed by atoms with Crippen LogP contribution in [0.1, 0.15) is 12.5 Å². The highest BCUT2D eigenvalue weighted by atomic mass is 32.2. The molecule has 0 aliphatic heterocycles. The molecule has 1 aliphatic rings. The van der Waals surface area contributed by atoms with Gasteiger partial charge in [-0.15, -0.1) is 0 Å². The number of aryl methyl sites for hydroxylation is 1. The minimum Gasteiger partial charge on any atom is -0.370 e. The van der Waals surface area contributed by atoms with Crippen LogP contribution in [0.25, 0.3) is 0 Å². The van der Waals surface area contributed by atoms with Crippen molar-refractivity contribution in [1.29, 1.82) is 0 Å². The predicted molar refractivity (Wildman–Crippen MR) is 79.5 cm³/mol. The summed E-state index contributed by atoms with van der Waals surface area (Å²) < 4.78 is 33.4.